The SMILES string of the molecule is C#C/C(=N/NC(N)=O)C(C)(C)C. The lowest BCUT2D eigenvalue weighted by atomic mass is 9.91. The molecule has 0 heterocycles. The number of hydrogen-bond acceptors (Lipinski definition) is 2. The van der Waals surface area contributed by atoms with Crippen molar-refractivity contribution >= 4 is 11.7 Å². The molecule has 0 aliphatic heterocycles. The minimum Gasteiger partial charge on any atom is -0.350 e. The number of terminal acetylenes is 1. The summed E-state index contributed by atoms with van der Waals surface area (Å²) in [6.07, 6.45) is 5.17. The molecule has 2 amide bonds. The molecule has 4 nitrogen and oxygen atoms in total. The number of hydrazone groups is 1. The first-order chi connectivity index (χ1) is 5.38. The largest absolute Gasteiger partial charge is 0.350 e. The van der Waals surface area contributed by atoms with Crippen LogP contribution in [-0.2, 0) is 0 Å². The van der Waals surface area contributed by atoms with Crippen molar-refractivity contribution in [3.05, 3.63) is 0 Å². The van der Waals surface area contributed by atoms with Crippen LogP contribution in [0.4, 0.5) is 4.79 Å². The lowest BCUT2D eigenvalue weighted by Crippen LogP contribution is -2.29. The maximum atomic E-state index is 10.3. The van der Waals surface area contributed by atoms with E-state index in [4.69, 9.17) is 12.2 Å². The van der Waals surface area contributed by atoms with Crippen LogP contribution in [0, 0.1) is 17.8 Å². The third-order valence-electron chi connectivity index (χ3n) is 1.13. The zero-order chi connectivity index (χ0) is 9.78. The van der Waals surface area contributed by atoms with Crippen LogP contribution in [0.25, 0.3) is 0 Å². The summed E-state index contributed by atoms with van der Waals surface area (Å²) in [4.78, 5) is 10.3. The lowest BCUT2D eigenvalue weighted by molar-refractivity contribution is 0.249. The van der Waals surface area contributed by atoms with E-state index < -0.39 is 6.03 Å². The van der Waals surface area contributed by atoms with Crippen molar-refractivity contribution in [2.24, 2.45) is 16.3 Å². The molecule has 3 N–H and O–H groups in total. The monoisotopic (exact) mass is 167 g/mol. The maximum Gasteiger partial charge on any atom is 0.332 e. The summed E-state index contributed by atoms with van der Waals surface area (Å²) in [5, 5.41) is 3.67. The van der Waals surface area contributed by atoms with Gasteiger partial charge in [0.1, 0.15) is 5.71 Å². The second-order valence-electron chi connectivity index (χ2n) is 3.33. The molecule has 0 radical (unpaired) electrons. The van der Waals surface area contributed by atoms with E-state index in [1.54, 1.807) is 0 Å². The van der Waals surface area contributed by atoms with E-state index in [1.807, 2.05) is 20.8 Å². The number of carbonyl (C=O) groups excluding carboxylic acids is 1. The topological polar surface area (TPSA) is 67.5 Å². The Bertz CT molecular complexity index is 242. The number of carbonyl (C=O) groups is 1. The van der Waals surface area contributed by atoms with E-state index in [9.17, 15) is 4.79 Å². The summed E-state index contributed by atoms with van der Waals surface area (Å²) in [7, 11) is 0. The Morgan fingerprint density at radius 2 is 2.08 bits per heavy atom. The Balaban J connectivity index is 4.49. The fourth-order valence-electron chi connectivity index (χ4n) is 0.527. The van der Waals surface area contributed by atoms with Gasteiger partial charge in [0, 0.05) is 5.41 Å². The van der Waals surface area contributed by atoms with Crippen molar-refractivity contribution in [1.29, 1.82) is 0 Å². The van der Waals surface area contributed by atoms with Gasteiger partial charge in [-0.1, -0.05) is 26.7 Å². The first-order valence-corrected chi connectivity index (χ1v) is 3.48. The highest BCUT2D eigenvalue weighted by Gasteiger charge is 2.16. The standard InChI is InChI=1S/C8H13N3O/c1-5-6(8(2,3)4)10-11-7(9)12/h1H,2-4H3,(H3,9,11,12)/b10-6-. The summed E-state index contributed by atoms with van der Waals surface area (Å²) in [5.74, 6) is 2.38. The molecule has 4 heteroatoms. The van der Waals surface area contributed by atoms with Crippen LogP contribution in [0.5, 0.6) is 0 Å². The molecule has 0 unspecified atom stereocenters. The molecule has 0 saturated carbocycles. The molecule has 0 aromatic rings. The highest BCUT2D eigenvalue weighted by molar-refractivity contribution is 6.03. The van der Waals surface area contributed by atoms with Gasteiger partial charge >= 0.3 is 6.03 Å². The highest BCUT2D eigenvalue weighted by Crippen LogP contribution is 2.14. The first kappa shape index (κ1) is 10.5. The fourth-order valence-corrected chi connectivity index (χ4v) is 0.527. The molecule has 0 bridgehead atoms. The Morgan fingerprint density at radius 1 is 1.58 bits per heavy atom. The average Bonchev–Trinajstić information content (AvgIpc) is 1.85. The number of urea groups is 1. The number of primary amides is 1. The van der Waals surface area contributed by atoms with Gasteiger partial charge < -0.3 is 5.73 Å². The molecule has 0 aromatic carbocycles. The number of rotatable bonds is 1. The van der Waals surface area contributed by atoms with Crippen LogP contribution in [0.3, 0.4) is 0 Å². The van der Waals surface area contributed by atoms with Crippen molar-refractivity contribution in [3.8, 4) is 12.3 Å². The van der Waals surface area contributed by atoms with Crippen LogP contribution in [0.2, 0.25) is 0 Å². The van der Waals surface area contributed by atoms with Gasteiger partial charge in [-0.05, 0) is 0 Å². The Labute approximate surface area is 72.2 Å². The molecule has 0 fully saturated rings. The number of nitrogens with two attached hydrogens (primary N) is 1. The van der Waals surface area contributed by atoms with Gasteiger partial charge in [-0.3, -0.25) is 0 Å². The molecule has 0 aliphatic carbocycles. The zero-order valence-corrected chi connectivity index (χ0v) is 7.51. The van der Waals surface area contributed by atoms with E-state index in [0.29, 0.717) is 5.71 Å². The van der Waals surface area contributed by atoms with E-state index in [0.717, 1.165) is 0 Å². The van der Waals surface area contributed by atoms with Crippen molar-refractivity contribution in [1.82, 2.24) is 5.43 Å². The van der Waals surface area contributed by atoms with Gasteiger partial charge in [0.2, 0.25) is 0 Å². The van der Waals surface area contributed by atoms with Gasteiger partial charge in [0.25, 0.3) is 0 Å². The Hall–Kier alpha value is -1.50. The van der Waals surface area contributed by atoms with E-state index in [2.05, 4.69) is 16.4 Å². The maximum absolute atomic E-state index is 10.3. The minimum absolute atomic E-state index is 0.253. The van der Waals surface area contributed by atoms with E-state index in [1.165, 1.54) is 0 Å². The van der Waals surface area contributed by atoms with Gasteiger partial charge in [-0.15, -0.1) is 6.42 Å². The molecule has 0 atom stereocenters. The number of nitrogens with zero attached hydrogens (tertiary/aromatic N) is 1. The third-order valence-corrected chi connectivity index (χ3v) is 1.13. The second-order valence-corrected chi connectivity index (χ2v) is 3.33. The first-order valence-electron chi connectivity index (χ1n) is 3.48. The minimum atomic E-state index is -0.716. The summed E-state index contributed by atoms with van der Waals surface area (Å²) in [6, 6.07) is -0.716. The van der Waals surface area contributed by atoms with Crippen LogP contribution < -0.4 is 11.2 Å². The van der Waals surface area contributed by atoms with Crippen LogP contribution in [0.1, 0.15) is 20.8 Å². The van der Waals surface area contributed by atoms with E-state index >= 15 is 0 Å². The predicted molar refractivity (Wildman–Crippen MR) is 48.4 cm³/mol. The summed E-state index contributed by atoms with van der Waals surface area (Å²) < 4.78 is 0. The van der Waals surface area contributed by atoms with Crippen LogP contribution in [-0.4, -0.2) is 11.7 Å². The molecule has 0 spiro atoms. The number of nitrogens with one attached hydrogen (secondary N) is 1. The van der Waals surface area contributed by atoms with Gasteiger partial charge in [-0.25, -0.2) is 10.2 Å². The molecular weight excluding hydrogens is 154 g/mol. The quantitative estimate of drug-likeness (QED) is 0.337. The van der Waals surface area contributed by atoms with Gasteiger partial charge in [0.05, 0.1) is 0 Å². The smallest absolute Gasteiger partial charge is 0.332 e. The molecule has 66 valence electrons. The number of hydrogen-bond donors (Lipinski definition) is 2. The summed E-state index contributed by atoms with van der Waals surface area (Å²) in [6.45, 7) is 5.69. The van der Waals surface area contributed by atoms with Crippen LogP contribution in [0.15, 0.2) is 5.10 Å². The molecular formula is C8H13N3O. The van der Waals surface area contributed by atoms with Gasteiger partial charge in [-0.2, -0.15) is 5.10 Å². The van der Waals surface area contributed by atoms with Gasteiger partial charge in [0.15, 0.2) is 0 Å². The normalized spacial score (nSPS) is 12.0. The molecule has 0 aromatic heterocycles. The Kier molecular flexibility index (Phi) is 3.30. The predicted octanol–water partition coefficient (Wildman–Crippen LogP) is 0.690. The molecule has 0 aliphatic rings. The second kappa shape index (κ2) is 3.77. The number of amides is 2. The fraction of sp³-hybridized carbons (Fsp3) is 0.500. The molecule has 0 saturated heterocycles. The zero-order valence-electron chi connectivity index (χ0n) is 7.51. The molecule has 12 heavy (non-hydrogen) atoms. The van der Waals surface area contributed by atoms with Crippen molar-refractivity contribution in [2.75, 3.05) is 0 Å². The summed E-state index contributed by atoms with van der Waals surface area (Å²) >= 11 is 0. The third kappa shape index (κ3) is 3.62. The van der Waals surface area contributed by atoms with E-state index in [-0.39, 0.29) is 5.41 Å². The van der Waals surface area contributed by atoms with Crippen molar-refractivity contribution in [2.45, 2.75) is 20.8 Å². The summed E-state index contributed by atoms with van der Waals surface area (Å²) in [5.41, 5.74) is 7.11. The van der Waals surface area contributed by atoms with Crippen molar-refractivity contribution < 1.29 is 4.79 Å². The highest BCUT2D eigenvalue weighted by atomic mass is 16.2. The van der Waals surface area contributed by atoms with Crippen LogP contribution >= 0.6 is 0 Å². The Morgan fingerprint density at radius 3 is 2.33 bits per heavy atom. The van der Waals surface area contributed by atoms with Crippen molar-refractivity contribution in [3.63, 3.8) is 0 Å². The average molecular weight is 167 g/mol. The lowest BCUT2D eigenvalue weighted by Gasteiger charge is -2.15. The molecule has 0 rings (SSSR count).